The Kier molecular flexibility index (Phi) is 5.15. The molecule has 86 valence electrons. The highest BCUT2D eigenvalue weighted by atomic mass is 35.5. The second kappa shape index (κ2) is 6.40. The van der Waals surface area contributed by atoms with Crippen molar-refractivity contribution >= 4 is 35.4 Å². The van der Waals surface area contributed by atoms with E-state index in [4.69, 9.17) is 23.2 Å². The molecule has 0 aromatic heterocycles. The smallest absolute Gasteiger partial charge is 0.438 e. The van der Waals surface area contributed by atoms with E-state index in [-0.39, 0.29) is 6.61 Å². The molecule has 0 saturated heterocycles. The molecule has 0 aliphatic carbocycles. The van der Waals surface area contributed by atoms with Crippen molar-refractivity contribution in [1.82, 2.24) is 0 Å². The van der Waals surface area contributed by atoms with E-state index in [1.165, 1.54) is 7.11 Å². The third-order valence-electron chi connectivity index (χ3n) is 1.72. The molecule has 16 heavy (non-hydrogen) atoms. The molecule has 0 heterocycles. The van der Waals surface area contributed by atoms with Gasteiger partial charge in [0, 0.05) is 0 Å². The second-order valence-electron chi connectivity index (χ2n) is 2.84. The summed E-state index contributed by atoms with van der Waals surface area (Å²) in [6.07, 6.45) is 2.74. The van der Waals surface area contributed by atoms with E-state index in [2.05, 4.69) is 9.47 Å². The topological polar surface area (TPSA) is 35.5 Å². The fourth-order valence-electron chi connectivity index (χ4n) is 0.975. The van der Waals surface area contributed by atoms with Gasteiger partial charge in [0.1, 0.15) is 6.61 Å². The lowest BCUT2D eigenvalue weighted by molar-refractivity contribution is 0.0819. The average molecular weight is 261 g/mol. The lowest BCUT2D eigenvalue weighted by Gasteiger charge is -1.99. The Morgan fingerprint density at radius 2 is 2.12 bits per heavy atom. The van der Waals surface area contributed by atoms with Crippen LogP contribution in [0, 0.1) is 0 Å². The molecule has 3 nitrogen and oxygen atoms in total. The van der Waals surface area contributed by atoms with Crippen LogP contribution in [-0.4, -0.2) is 19.9 Å². The Bertz CT molecular complexity index is 402. The minimum absolute atomic E-state index is 0.146. The first-order valence-electron chi connectivity index (χ1n) is 4.46. The van der Waals surface area contributed by atoms with Crippen molar-refractivity contribution in [3.8, 4) is 0 Å². The van der Waals surface area contributed by atoms with E-state index in [9.17, 15) is 4.79 Å². The maximum Gasteiger partial charge on any atom is 0.508 e. The first-order chi connectivity index (χ1) is 7.63. The van der Waals surface area contributed by atoms with Crippen LogP contribution in [0.3, 0.4) is 0 Å². The fraction of sp³-hybridized carbons (Fsp3) is 0.182. The Morgan fingerprint density at radius 1 is 1.38 bits per heavy atom. The van der Waals surface area contributed by atoms with E-state index in [1.54, 1.807) is 24.3 Å². The van der Waals surface area contributed by atoms with Gasteiger partial charge in [-0.2, -0.15) is 0 Å². The van der Waals surface area contributed by atoms with Gasteiger partial charge in [-0.3, -0.25) is 0 Å². The van der Waals surface area contributed by atoms with Crippen LogP contribution in [0.4, 0.5) is 4.79 Å². The standard InChI is InChI=1S/C11H10Cl2O3/c1-15-11(14)16-6-2-3-8-4-5-9(12)10(13)7-8/h2-5,7H,6H2,1H3/b3-2+. The van der Waals surface area contributed by atoms with E-state index in [1.807, 2.05) is 6.07 Å². The van der Waals surface area contributed by atoms with Gasteiger partial charge in [0.25, 0.3) is 0 Å². The van der Waals surface area contributed by atoms with Gasteiger partial charge < -0.3 is 9.47 Å². The van der Waals surface area contributed by atoms with Crippen molar-refractivity contribution in [2.45, 2.75) is 0 Å². The summed E-state index contributed by atoms with van der Waals surface area (Å²) in [4.78, 5) is 10.6. The third-order valence-corrected chi connectivity index (χ3v) is 2.46. The zero-order valence-electron chi connectivity index (χ0n) is 8.57. The first-order valence-corrected chi connectivity index (χ1v) is 5.21. The zero-order valence-corrected chi connectivity index (χ0v) is 10.1. The van der Waals surface area contributed by atoms with Crippen molar-refractivity contribution in [3.05, 3.63) is 39.9 Å². The number of benzene rings is 1. The molecule has 0 aliphatic rings. The van der Waals surface area contributed by atoms with Crippen LogP contribution in [0.1, 0.15) is 5.56 Å². The number of rotatable bonds is 3. The molecule has 0 aliphatic heterocycles. The van der Waals surface area contributed by atoms with Gasteiger partial charge in [-0.15, -0.1) is 0 Å². The number of hydrogen-bond acceptors (Lipinski definition) is 3. The number of carbonyl (C=O) groups is 1. The Hall–Kier alpha value is -1.19. The molecule has 0 spiro atoms. The van der Waals surface area contributed by atoms with Gasteiger partial charge in [-0.25, -0.2) is 4.79 Å². The number of methoxy groups -OCH3 is 1. The molecule has 0 bridgehead atoms. The SMILES string of the molecule is COC(=O)OC/C=C/c1ccc(Cl)c(Cl)c1. The predicted molar refractivity (Wildman–Crippen MR) is 63.9 cm³/mol. The minimum atomic E-state index is -0.709. The van der Waals surface area contributed by atoms with Crippen molar-refractivity contribution < 1.29 is 14.3 Å². The van der Waals surface area contributed by atoms with Crippen LogP contribution in [0.2, 0.25) is 10.0 Å². The van der Waals surface area contributed by atoms with Gasteiger partial charge in [0.2, 0.25) is 0 Å². The van der Waals surface area contributed by atoms with Crippen molar-refractivity contribution in [1.29, 1.82) is 0 Å². The summed E-state index contributed by atoms with van der Waals surface area (Å²) in [7, 11) is 1.25. The minimum Gasteiger partial charge on any atom is -0.438 e. The van der Waals surface area contributed by atoms with Gasteiger partial charge in [-0.05, 0) is 23.8 Å². The quantitative estimate of drug-likeness (QED) is 0.776. The van der Waals surface area contributed by atoms with Crippen molar-refractivity contribution in [2.24, 2.45) is 0 Å². The Balaban J connectivity index is 2.50. The second-order valence-corrected chi connectivity index (χ2v) is 3.66. The van der Waals surface area contributed by atoms with Crippen LogP contribution in [-0.2, 0) is 9.47 Å². The predicted octanol–water partition coefficient (Wildman–Crippen LogP) is 3.79. The summed E-state index contributed by atoms with van der Waals surface area (Å²) in [6.45, 7) is 0.146. The average Bonchev–Trinajstić information content (AvgIpc) is 2.28. The molecule has 0 fully saturated rings. The largest absolute Gasteiger partial charge is 0.508 e. The normalized spacial score (nSPS) is 10.4. The summed E-state index contributed by atoms with van der Waals surface area (Å²) in [5.41, 5.74) is 0.878. The van der Waals surface area contributed by atoms with Crippen molar-refractivity contribution in [2.75, 3.05) is 13.7 Å². The van der Waals surface area contributed by atoms with E-state index < -0.39 is 6.16 Å². The van der Waals surface area contributed by atoms with Crippen LogP contribution < -0.4 is 0 Å². The Morgan fingerprint density at radius 3 is 2.75 bits per heavy atom. The number of halogens is 2. The summed E-state index contributed by atoms with van der Waals surface area (Å²) < 4.78 is 8.96. The van der Waals surface area contributed by atoms with Gasteiger partial charge in [0.05, 0.1) is 17.2 Å². The van der Waals surface area contributed by atoms with Crippen LogP contribution in [0.25, 0.3) is 6.08 Å². The lowest BCUT2D eigenvalue weighted by Crippen LogP contribution is -2.03. The highest BCUT2D eigenvalue weighted by Gasteiger charge is 1.98. The molecule has 0 amide bonds. The highest BCUT2D eigenvalue weighted by Crippen LogP contribution is 2.22. The summed E-state index contributed by atoms with van der Waals surface area (Å²) in [5, 5.41) is 0.988. The Labute approximate surface area is 104 Å². The molecule has 1 aromatic rings. The molecule has 0 N–H and O–H groups in total. The van der Waals surface area contributed by atoms with E-state index >= 15 is 0 Å². The lowest BCUT2D eigenvalue weighted by atomic mass is 10.2. The van der Waals surface area contributed by atoms with E-state index in [0.717, 1.165) is 5.56 Å². The summed E-state index contributed by atoms with van der Waals surface area (Å²) in [5.74, 6) is 0. The van der Waals surface area contributed by atoms with Crippen LogP contribution in [0.15, 0.2) is 24.3 Å². The maximum atomic E-state index is 10.6. The monoisotopic (exact) mass is 260 g/mol. The van der Waals surface area contributed by atoms with Gasteiger partial charge in [0.15, 0.2) is 0 Å². The molecular weight excluding hydrogens is 251 g/mol. The molecule has 1 aromatic carbocycles. The van der Waals surface area contributed by atoms with E-state index in [0.29, 0.717) is 10.0 Å². The number of hydrogen-bond donors (Lipinski definition) is 0. The van der Waals surface area contributed by atoms with Crippen LogP contribution in [0.5, 0.6) is 0 Å². The van der Waals surface area contributed by atoms with Gasteiger partial charge >= 0.3 is 6.16 Å². The molecule has 0 saturated carbocycles. The molecule has 0 atom stereocenters. The van der Waals surface area contributed by atoms with Crippen molar-refractivity contribution in [3.63, 3.8) is 0 Å². The first kappa shape index (κ1) is 12.9. The molecule has 1 rings (SSSR count). The number of ether oxygens (including phenoxy) is 2. The van der Waals surface area contributed by atoms with Gasteiger partial charge in [-0.1, -0.05) is 35.3 Å². The molecule has 5 heteroatoms. The maximum absolute atomic E-state index is 10.6. The third kappa shape index (κ3) is 4.13. The summed E-state index contributed by atoms with van der Waals surface area (Å²) in [6, 6.07) is 5.23. The zero-order chi connectivity index (χ0) is 12.0. The molecule has 0 unspecified atom stereocenters. The highest BCUT2D eigenvalue weighted by molar-refractivity contribution is 6.42. The number of carbonyl (C=O) groups excluding carboxylic acids is 1. The summed E-state index contributed by atoms with van der Waals surface area (Å²) >= 11 is 11.6. The molecular formula is C11H10Cl2O3. The fourth-order valence-corrected chi connectivity index (χ4v) is 1.28. The molecule has 0 radical (unpaired) electrons. The van der Waals surface area contributed by atoms with Crippen LogP contribution >= 0.6 is 23.2 Å².